The minimum absolute atomic E-state index is 0.0344. The molecule has 2 saturated heterocycles. The highest BCUT2D eigenvalue weighted by molar-refractivity contribution is 6.07. The molecule has 1 amide bonds. The van der Waals surface area contributed by atoms with E-state index >= 15 is 0 Å². The van der Waals surface area contributed by atoms with Crippen LogP contribution in [0.4, 0.5) is 23.1 Å². The Kier molecular flexibility index (Phi) is 8.96. The van der Waals surface area contributed by atoms with Crippen LogP contribution < -0.4 is 25.9 Å². The van der Waals surface area contributed by atoms with E-state index in [1.807, 2.05) is 19.9 Å². The lowest BCUT2D eigenvalue weighted by Crippen LogP contribution is -2.57. The Morgan fingerprint density at radius 3 is 2.73 bits per heavy atom. The number of nitrogens with one attached hydrogen (secondary N) is 4. The number of amides is 1. The van der Waals surface area contributed by atoms with E-state index in [2.05, 4.69) is 56.5 Å². The van der Waals surface area contributed by atoms with Crippen molar-refractivity contribution in [1.29, 1.82) is 5.41 Å². The fraction of sp³-hybridized carbons (Fsp3) is 0.414. The smallest absolute Gasteiger partial charge is 0.244 e. The summed E-state index contributed by atoms with van der Waals surface area (Å²) in [4.78, 5) is 35.4. The maximum atomic E-state index is 12.1. The molecule has 4 N–H and O–H groups in total. The Bertz CT molecular complexity index is 1290. The molecule has 0 unspecified atom stereocenters. The van der Waals surface area contributed by atoms with Crippen LogP contribution in [0, 0.1) is 17.7 Å². The Morgan fingerprint density at radius 1 is 1.32 bits per heavy atom. The van der Waals surface area contributed by atoms with Gasteiger partial charge >= 0.3 is 0 Å². The highest BCUT2D eigenvalue weighted by Gasteiger charge is 2.45. The standard InChI is InChI=1S/C29H39N9O2/c1-6-13-36(5)38(25(30)9-10-26(40)33-20(2)3)27-22(16-39)15-32-28(35-27)34-23-7-8-24(21(4)14-23)37-18-29(19-37)11-12-31-17-29/h6-10,14-16,20,30-31H,1,11-13,17-19H2,2-5H3,(H,33,40)(H,32,34,35)/b10-9-,30-25?. The number of aromatic nitrogens is 2. The van der Waals surface area contributed by atoms with Crippen molar-refractivity contribution in [3.63, 3.8) is 0 Å². The first-order chi connectivity index (χ1) is 19.1. The Hall–Kier alpha value is -4.09. The maximum absolute atomic E-state index is 12.1. The summed E-state index contributed by atoms with van der Waals surface area (Å²) in [6.45, 7) is 14.3. The lowest BCUT2D eigenvalue weighted by molar-refractivity contribution is -0.116. The number of nitrogens with zero attached hydrogens (tertiary/aromatic N) is 5. The molecule has 2 aromatic rings. The second-order valence-corrected chi connectivity index (χ2v) is 10.8. The van der Waals surface area contributed by atoms with Crippen LogP contribution in [-0.2, 0) is 4.79 Å². The number of anilines is 4. The van der Waals surface area contributed by atoms with Gasteiger partial charge in [0.15, 0.2) is 12.1 Å². The fourth-order valence-corrected chi connectivity index (χ4v) is 5.20. The van der Waals surface area contributed by atoms with E-state index in [0.29, 0.717) is 18.2 Å². The van der Waals surface area contributed by atoms with E-state index in [4.69, 9.17) is 5.41 Å². The Labute approximate surface area is 235 Å². The molecule has 11 heteroatoms. The van der Waals surface area contributed by atoms with Gasteiger partial charge in [-0.2, -0.15) is 4.98 Å². The van der Waals surface area contributed by atoms with Crippen LogP contribution in [0.15, 0.2) is 49.2 Å². The van der Waals surface area contributed by atoms with E-state index in [-0.39, 0.29) is 35.1 Å². The molecule has 1 aromatic heterocycles. The van der Waals surface area contributed by atoms with E-state index in [9.17, 15) is 9.59 Å². The zero-order chi connectivity index (χ0) is 28.9. The van der Waals surface area contributed by atoms with Gasteiger partial charge in [0.05, 0.1) is 5.56 Å². The van der Waals surface area contributed by atoms with Gasteiger partial charge in [-0.3, -0.25) is 15.0 Å². The first-order valence-corrected chi connectivity index (χ1v) is 13.5. The summed E-state index contributed by atoms with van der Waals surface area (Å²) in [5.74, 6) is 0.110. The van der Waals surface area contributed by atoms with Gasteiger partial charge in [0.25, 0.3) is 0 Å². The number of carbonyl (C=O) groups excluding carboxylic acids is 2. The maximum Gasteiger partial charge on any atom is 0.244 e. The van der Waals surface area contributed by atoms with E-state index in [1.165, 1.54) is 35.5 Å². The van der Waals surface area contributed by atoms with Gasteiger partial charge in [0.1, 0.15) is 5.84 Å². The molecule has 0 saturated carbocycles. The van der Waals surface area contributed by atoms with Crippen LogP contribution in [0.25, 0.3) is 0 Å². The van der Waals surface area contributed by atoms with Crippen molar-refractivity contribution in [2.75, 3.05) is 55.0 Å². The summed E-state index contributed by atoms with van der Waals surface area (Å²) >= 11 is 0. The summed E-state index contributed by atoms with van der Waals surface area (Å²) in [5, 5.41) is 21.3. The molecule has 2 aliphatic heterocycles. The number of hydrogen-bond donors (Lipinski definition) is 4. The van der Waals surface area contributed by atoms with Crippen molar-refractivity contribution in [3.8, 4) is 0 Å². The number of aldehydes is 1. The van der Waals surface area contributed by atoms with Gasteiger partial charge in [-0.15, -0.1) is 6.58 Å². The van der Waals surface area contributed by atoms with Gasteiger partial charge in [-0.1, -0.05) is 6.08 Å². The Balaban J connectivity index is 1.55. The topological polar surface area (TPSA) is 130 Å². The molecule has 1 aromatic carbocycles. The van der Waals surface area contributed by atoms with Crippen LogP contribution in [0.5, 0.6) is 0 Å². The lowest BCUT2D eigenvalue weighted by Gasteiger charge is -2.49. The van der Waals surface area contributed by atoms with Crippen molar-refractivity contribution in [2.45, 2.75) is 33.2 Å². The minimum atomic E-state index is -0.321. The fourth-order valence-electron chi connectivity index (χ4n) is 5.20. The predicted molar refractivity (Wildman–Crippen MR) is 159 cm³/mol. The van der Waals surface area contributed by atoms with Crippen LogP contribution in [0.2, 0.25) is 0 Å². The number of hydrazine groups is 1. The number of likely N-dealkylation sites (N-methyl/N-ethyl adjacent to an activating group) is 1. The zero-order valence-corrected chi connectivity index (χ0v) is 23.7. The molecule has 2 fully saturated rings. The van der Waals surface area contributed by atoms with Crippen molar-refractivity contribution < 1.29 is 9.59 Å². The predicted octanol–water partition coefficient (Wildman–Crippen LogP) is 3.04. The largest absolute Gasteiger partial charge is 0.370 e. The van der Waals surface area contributed by atoms with Crippen LogP contribution in [0.1, 0.15) is 36.2 Å². The molecular weight excluding hydrogens is 506 g/mol. The summed E-state index contributed by atoms with van der Waals surface area (Å²) < 4.78 is 0. The molecule has 1 spiro atoms. The molecule has 11 nitrogen and oxygen atoms in total. The second-order valence-electron chi connectivity index (χ2n) is 10.8. The van der Waals surface area contributed by atoms with Crippen molar-refractivity contribution in [3.05, 3.63) is 60.3 Å². The van der Waals surface area contributed by atoms with Crippen molar-refractivity contribution in [2.24, 2.45) is 5.41 Å². The first kappa shape index (κ1) is 28.9. The van der Waals surface area contributed by atoms with Crippen molar-refractivity contribution in [1.82, 2.24) is 25.6 Å². The normalized spacial score (nSPS) is 15.9. The number of aryl methyl sites for hydroxylation is 1. The minimum Gasteiger partial charge on any atom is -0.370 e. The average molecular weight is 546 g/mol. The number of amidine groups is 1. The van der Waals surface area contributed by atoms with Gasteiger partial charge in [-0.05, 0) is 63.6 Å². The third-order valence-corrected chi connectivity index (χ3v) is 7.09. The van der Waals surface area contributed by atoms with Gasteiger partial charge in [-0.25, -0.2) is 15.0 Å². The molecule has 0 aliphatic carbocycles. The van der Waals surface area contributed by atoms with E-state index < -0.39 is 0 Å². The van der Waals surface area contributed by atoms with Crippen LogP contribution >= 0.6 is 0 Å². The molecule has 3 heterocycles. The summed E-state index contributed by atoms with van der Waals surface area (Å²) in [6.07, 6.45) is 7.62. The zero-order valence-electron chi connectivity index (χ0n) is 23.7. The summed E-state index contributed by atoms with van der Waals surface area (Å²) in [7, 11) is 1.74. The quantitative estimate of drug-likeness (QED) is 0.0841. The molecule has 2 aliphatic rings. The molecule has 4 rings (SSSR count). The lowest BCUT2D eigenvalue weighted by atomic mass is 9.78. The summed E-state index contributed by atoms with van der Waals surface area (Å²) in [5.41, 5.74) is 3.80. The monoisotopic (exact) mass is 545 g/mol. The van der Waals surface area contributed by atoms with Gasteiger partial charge in [0.2, 0.25) is 11.9 Å². The number of benzene rings is 1. The van der Waals surface area contributed by atoms with E-state index in [1.54, 1.807) is 18.1 Å². The average Bonchev–Trinajstić information content (AvgIpc) is 3.38. The number of hydrogen-bond acceptors (Lipinski definition) is 9. The third kappa shape index (κ3) is 6.54. The molecule has 212 valence electrons. The highest BCUT2D eigenvalue weighted by atomic mass is 16.1. The van der Waals surface area contributed by atoms with Crippen LogP contribution in [-0.4, -0.2) is 78.8 Å². The SMILES string of the molecule is C=CCN(C)N(C(=N)/C=C\C(=O)NC(C)C)c1nc(Nc2ccc(N3CC4(CCNC4)C3)c(C)c2)ncc1C=O. The Morgan fingerprint density at radius 2 is 2.10 bits per heavy atom. The second kappa shape index (κ2) is 12.4. The molecular formula is C29H39N9O2. The van der Waals surface area contributed by atoms with Gasteiger partial charge < -0.3 is 20.9 Å². The molecule has 0 atom stereocenters. The van der Waals surface area contributed by atoms with Crippen molar-refractivity contribution >= 4 is 41.2 Å². The molecule has 40 heavy (non-hydrogen) atoms. The first-order valence-electron chi connectivity index (χ1n) is 13.5. The van der Waals surface area contributed by atoms with Gasteiger partial charge in [0, 0.05) is 68.3 Å². The number of carbonyl (C=O) groups is 2. The third-order valence-electron chi connectivity index (χ3n) is 7.09. The van der Waals surface area contributed by atoms with E-state index in [0.717, 1.165) is 37.4 Å². The summed E-state index contributed by atoms with van der Waals surface area (Å²) in [6, 6.07) is 6.13. The van der Waals surface area contributed by atoms with Crippen LogP contribution in [0.3, 0.4) is 0 Å². The molecule has 0 radical (unpaired) electrons. The highest BCUT2D eigenvalue weighted by Crippen LogP contribution is 2.40. The molecule has 0 bridgehead atoms. The number of rotatable bonds is 11.